The molecule has 20 heavy (non-hydrogen) atoms. The monoisotopic (exact) mass is 366 g/mol. The minimum absolute atomic E-state index is 0.0527. The number of nitrogens with zero attached hydrogens (tertiary/aromatic N) is 1. The molecule has 0 aromatic heterocycles. The highest BCUT2D eigenvalue weighted by atomic mass is 79.9. The first-order valence-electron chi connectivity index (χ1n) is 6.38. The first-order chi connectivity index (χ1) is 9.23. The fourth-order valence-electron chi connectivity index (χ4n) is 1.79. The van der Waals surface area contributed by atoms with Crippen LogP contribution in [0.15, 0.2) is 21.5 Å². The summed E-state index contributed by atoms with van der Waals surface area (Å²) in [6.45, 7) is 4.23. The lowest BCUT2D eigenvalue weighted by Gasteiger charge is -2.21. The first-order valence-corrected chi connectivity index (χ1v) is 8.61. The van der Waals surface area contributed by atoms with E-state index < -0.39 is 15.8 Å². The van der Waals surface area contributed by atoms with Gasteiger partial charge in [0.1, 0.15) is 10.7 Å². The zero-order valence-electron chi connectivity index (χ0n) is 11.9. The molecule has 1 aromatic rings. The van der Waals surface area contributed by atoms with Crippen molar-refractivity contribution in [2.24, 2.45) is 11.7 Å². The van der Waals surface area contributed by atoms with Crippen molar-refractivity contribution in [3.8, 4) is 0 Å². The van der Waals surface area contributed by atoms with Gasteiger partial charge in [-0.05, 0) is 18.1 Å². The highest BCUT2D eigenvalue weighted by molar-refractivity contribution is 9.10. The van der Waals surface area contributed by atoms with Crippen molar-refractivity contribution in [2.45, 2.75) is 31.7 Å². The van der Waals surface area contributed by atoms with E-state index in [0.717, 1.165) is 6.42 Å². The Morgan fingerprint density at radius 1 is 1.45 bits per heavy atom. The zero-order chi connectivity index (χ0) is 15.5. The zero-order valence-corrected chi connectivity index (χ0v) is 14.3. The largest absolute Gasteiger partial charge is 0.326 e. The number of hydrogen-bond acceptors (Lipinski definition) is 3. The average molecular weight is 367 g/mol. The summed E-state index contributed by atoms with van der Waals surface area (Å²) < 4.78 is 40.8. The molecule has 0 aliphatic carbocycles. The second kappa shape index (κ2) is 6.98. The van der Waals surface area contributed by atoms with Gasteiger partial charge in [0, 0.05) is 30.2 Å². The lowest BCUT2D eigenvalue weighted by atomic mass is 10.1. The van der Waals surface area contributed by atoms with E-state index in [1.807, 2.05) is 13.8 Å². The third kappa shape index (κ3) is 3.78. The Morgan fingerprint density at radius 3 is 2.55 bits per heavy atom. The van der Waals surface area contributed by atoms with Gasteiger partial charge in [-0.15, -0.1) is 0 Å². The molecule has 0 saturated carbocycles. The quantitative estimate of drug-likeness (QED) is 0.841. The number of hydrogen-bond donors (Lipinski definition) is 1. The van der Waals surface area contributed by atoms with Crippen molar-refractivity contribution in [3.63, 3.8) is 0 Å². The highest BCUT2D eigenvalue weighted by Crippen LogP contribution is 2.26. The van der Waals surface area contributed by atoms with Crippen molar-refractivity contribution in [3.05, 3.63) is 28.0 Å². The maximum absolute atomic E-state index is 14.2. The van der Waals surface area contributed by atoms with Crippen molar-refractivity contribution in [1.82, 2.24) is 4.31 Å². The fraction of sp³-hybridized carbons (Fsp3) is 0.538. The molecule has 1 aromatic carbocycles. The Labute approximate surface area is 128 Å². The van der Waals surface area contributed by atoms with Gasteiger partial charge in [-0.1, -0.05) is 36.2 Å². The van der Waals surface area contributed by atoms with Crippen LogP contribution in [-0.2, 0) is 16.6 Å². The molecule has 0 aliphatic rings. The van der Waals surface area contributed by atoms with Crippen LogP contribution in [0, 0.1) is 11.7 Å². The summed E-state index contributed by atoms with van der Waals surface area (Å²) in [5.41, 5.74) is 5.62. The van der Waals surface area contributed by atoms with Crippen LogP contribution in [0.3, 0.4) is 0 Å². The van der Waals surface area contributed by atoms with Crippen molar-refractivity contribution in [1.29, 1.82) is 0 Å². The van der Waals surface area contributed by atoms with E-state index in [1.54, 1.807) is 0 Å². The third-order valence-electron chi connectivity index (χ3n) is 3.25. The van der Waals surface area contributed by atoms with Crippen LogP contribution in [0.5, 0.6) is 0 Å². The lowest BCUT2D eigenvalue weighted by molar-refractivity contribution is 0.391. The SMILES string of the molecule is CCC(C)CN(C)S(=O)(=O)c1cc(Br)cc(CN)c1F. The van der Waals surface area contributed by atoms with Crippen LogP contribution in [0.1, 0.15) is 25.8 Å². The molecule has 0 heterocycles. The molecule has 1 unspecified atom stereocenters. The maximum Gasteiger partial charge on any atom is 0.245 e. The minimum atomic E-state index is -3.86. The minimum Gasteiger partial charge on any atom is -0.326 e. The fourth-order valence-corrected chi connectivity index (χ4v) is 3.87. The highest BCUT2D eigenvalue weighted by Gasteiger charge is 2.27. The third-order valence-corrected chi connectivity index (χ3v) is 5.53. The first kappa shape index (κ1) is 17.6. The number of halogens is 2. The van der Waals surface area contributed by atoms with E-state index in [4.69, 9.17) is 5.73 Å². The Kier molecular flexibility index (Phi) is 6.12. The van der Waals surface area contributed by atoms with Crippen LogP contribution < -0.4 is 5.73 Å². The van der Waals surface area contributed by atoms with Crippen molar-refractivity contribution >= 4 is 26.0 Å². The molecule has 0 bridgehead atoms. The van der Waals surface area contributed by atoms with Gasteiger partial charge in [0.15, 0.2) is 0 Å². The molecule has 0 saturated heterocycles. The predicted molar refractivity (Wildman–Crippen MR) is 81.3 cm³/mol. The molecule has 0 radical (unpaired) electrons. The molecule has 1 rings (SSSR count). The van der Waals surface area contributed by atoms with Crippen LogP contribution in [0.4, 0.5) is 4.39 Å². The number of benzene rings is 1. The van der Waals surface area contributed by atoms with Gasteiger partial charge < -0.3 is 5.73 Å². The van der Waals surface area contributed by atoms with Gasteiger partial charge in [-0.25, -0.2) is 17.1 Å². The van der Waals surface area contributed by atoms with Crippen LogP contribution in [0.25, 0.3) is 0 Å². The summed E-state index contributed by atoms with van der Waals surface area (Å²) in [4.78, 5) is -0.335. The molecule has 114 valence electrons. The molecule has 4 nitrogen and oxygen atoms in total. The second-order valence-electron chi connectivity index (χ2n) is 4.88. The van der Waals surface area contributed by atoms with E-state index in [1.165, 1.54) is 23.5 Å². The standard InChI is InChI=1S/C13H20BrFN2O2S/c1-4-9(2)8-17(3)20(18,19)12-6-11(14)5-10(7-16)13(12)15/h5-6,9H,4,7-8,16H2,1-3H3. The van der Waals surface area contributed by atoms with Crippen molar-refractivity contribution in [2.75, 3.05) is 13.6 Å². The number of sulfonamides is 1. The van der Waals surface area contributed by atoms with Gasteiger partial charge in [0.25, 0.3) is 0 Å². The van der Waals surface area contributed by atoms with E-state index in [0.29, 0.717) is 11.0 Å². The molecule has 2 N–H and O–H groups in total. The maximum atomic E-state index is 14.2. The number of nitrogens with two attached hydrogens (primary N) is 1. The van der Waals surface area contributed by atoms with E-state index in [9.17, 15) is 12.8 Å². The van der Waals surface area contributed by atoms with Gasteiger partial charge >= 0.3 is 0 Å². The molecule has 0 fully saturated rings. The molecular weight excluding hydrogens is 347 g/mol. The second-order valence-corrected chi connectivity index (χ2v) is 7.81. The topological polar surface area (TPSA) is 63.4 Å². The van der Waals surface area contributed by atoms with Crippen molar-refractivity contribution < 1.29 is 12.8 Å². The van der Waals surface area contributed by atoms with Crippen LogP contribution in [0.2, 0.25) is 0 Å². The summed E-state index contributed by atoms with van der Waals surface area (Å²) >= 11 is 3.19. The average Bonchev–Trinajstić information content (AvgIpc) is 2.40. The van der Waals surface area contributed by atoms with E-state index in [-0.39, 0.29) is 22.9 Å². The summed E-state index contributed by atoms with van der Waals surface area (Å²) in [6.07, 6.45) is 0.856. The van der Waals surface area contributed by atoms with Gasteiger partial charge in [0.05, 0.1) is 0 Å². The lowest BCUT2D eigenvalue weighted by Crippen LogP contribution is -2.31. The molecule has 0 spiro atoms. The Morgan fingerprint density at radius 2 is 2.05 bits per heavy atom. The smallest absolute Gasteiger partial charge is 0.245 e. The Bertz CT molecular complexity index is 578. The molecular formula is C13H20BrFN2O2S. The molecule has 7 heteroatoms. The molecule has 1 atom stereocenters. The van der Waals surface area contributed by atoms with Crippen LogP contribution in [-0.4, -0.2) is 26.3 Å². The normalized spacial score (nSPS) is 13.8. The summed E-state index contributed by atoms with van der Waals surface area (Å²) in [5, 5.41) is 0. The Balaban J connectivity index is 3.25. The predicted octanol–water partition coefficient (Wildman–Crippen LogP) is 2.71. The van der Waals surface area contributed by atoms with E-state index in [2.05, 4.69) is 15.9 Å². The summed E-state index contributed by atoms with van der Waals surface area (Å²) in [7, 11) is -2.39. The summed E-state index contributed by atoms with van der Waals surface area (Å²) in [6, 6.07) is 2.76. The molecule has 0 aliphatic heterocycles. The van der Waals surface area contributed by atoms with Gasteiger partial charge in [-0.3, -0.25) is 0 Å². The van der Waals surface area contributed by atoms with Gasteiger partial charge in [0.2, 0.25) is 10.0 Å². The summed E-state index contributed by atoms with van der Waals surface area (Å²) in [5.74, 6) is -0.564. The Hall–Kier alpha value is -0.500. The van der Waals surface area contributed by atoms with Gasteiger partial charge in [-0.2, -0.15) is 0 Å². The van der Waals surface area contributed by atoms with E-state index >= 15 is 0 Å². The van der Waals surface area contributed by atoms with Crippen LogP contribution >= 0.6 is 15.9 Å². The number of rotatable bonds is 6. The molecule has 0 amide bonds.